The van der Waals surface area contributed by atoms with Gasteiger partial charge in [-0.15, -0.1) is 0 Å². The Morgan fingerprint density at radius 1 is 1.07 bits per heavy atom. The second-order valence-corrected chi connectivity index (χ2v) is 7.41. The number of hydrogen-bond donors (Lipinski definition) is 1. The fraction of sp³-hybridized carbons (Fsp3) is 0.500. The standard InChI is InChI=1S/C20H22N2O7/c23-14(13-4-5-15-16(10-13)28-9-3-8-27-15)12-29-17(24)11-22-18(25)20(21-19(22)26)6-1-2-7-20/h4-5,10H,1-3,6-9,11-12H2,(H,21,26). The minimum atomic E-state index is -0.878. The van der Waals surface area contributed by atoms with Crippen LogP contribution in [0, 0.1) is 0 Å². The largest absolute Gasteiger partial charge is 0.490 e. The van der Waals surface area contributed by atoms with Crippen LogP contribution in [0.5, 0.6) is 11.5 Å². The van der Waals surface area contributed by atoms with Crippen LogP contribution in [-0.2, 0) is 14.3 Å². The van der Waals surface area contributed by atoms with E-state index >= 15 is 0 Å². The summed E-state index contributed by atoms with van der Waals surface area (Å²) in [5, 5.41) is 2.70. The van der Waals surface area contributed by atoms with Crippen LogP contribution in [0.4, 0.5) is 4.79 Å². The summed E-state index contributed by atoms with van der Waals surface area (Å²) in [5.74, 6) is -0.591. The number of ether oxygens (including phenoxy) is 3. The molecule has 154 valence electrons. The summed E-state index contributed by atoms with van der Waals surface area (Å²) in [5.41, 5.74) is -0.557. The highest BCUT2D eigenvalue weighted by atomic mass is 16.5. The van der Waals surface area contributed by atoms with Gasteiger partial charge in [0.1, 0.15) is 12.1 Å². The van der Waals surface area contributed by atoms with Crippen molar-refractivity contribution in [1.82, 2.24) is 10.2 Å². The first kappa shape index (κ1) is 19.2. The van der Waals surface area contributed by atoms with Gasteiger partial charge in [0.05, 0.1) is 13.2 Å². The maximum Gasteiger partial charge on any atom is 0.326 e. The molecule has 1 spiro atoms. The number of ketones is 1. The Morgan fingerprint density at radius 3 is 2.55 bits per heavy atom. The predicted molar refractivity (Wildman–Crippen MR) is 98.8 cm³/mol. The number of carbonyl (C=O) groups excluding carboxylic acids is 4. The van der Waals surface area contributed by atoms with E-state index in [1.54, 1.807) is 18.2 Å². The minimum Gasteiger partial charge on any atom is -0.490 e. The Kier molecular flexibility index (Phi) is 5.12. The van der Waals surface area contributed by atoms with Crippen molar-refractivity contribution in [3.8, 4) is 11.5 Å². The molecule has 9 nitrogen and oxygen atoms in total. The normalized spacial score (nSPS) is 19.8. The highest BCUT2D eigenvalue weighted by Gasteiger charge is 2.52. The van der Waals surface area contributed by atoms with Gasteiger partial charge in [-0.05, 0) is 31.0 Å². The Labute approximate surface area is 167 Å². The molecule has 0 radical (unpaired) electrons. The molecule has 0 aromatic heterocycles. The van der Waals surface area contributed by atoms with E-state index in [1.807, 2.05) is 0 Å². The van der Waals surface area contributed by atoms with Crippen LogP contribution in [0.1, 0.15) is 42.5 Å². The predicted octanol–water partition coefficient (Wildman–Crippen LogP) is 1.44. The summed E-state index contributed by atoms with van der Waals surface area (Å²) in [4.78, 5) is 50.0. The van der Waals surface area contributed by atoms with E-state index in [4.69, 9.17) is 14.2 Å². The highest BCUT2D eigenvalue weighted by molar-refractivity contribution is 6.09. The quantitative estimate of drug-likeness (QED) is 0.451. The number of rotatable bonds is 5. The van der Waals surface area contributed by atoms with E-state index in [1.165, 1.54) is 0 Å². The van der Waals surface area contributed by atoms with Crippen molar-refractivity contribution < 1.29 is 33.4 Å². The number of nitrogens with zero attached hydrogens (tertiary/aromatic N) is 1. The monoisotopic (exact) mass is 402 g/mol. The van der Waals surface area contributed by atoms with E-state index in [0.717, 1.165) is 24.2 Å². The highest BCUT2D eigenvalue weighted by Crippen LogP contribution is 2.35. The zero-order valence-corrected chi connectivity index (χ0v) is 15.9. The fourth-order valence-electron chi connectivity index (χ4n) is 3.88. The van der Waals surface area contributed by atoms with Crippen LogP contribution in [-0.4, -0.2) is 60.5 Å². The van der Waals surface area contributed by atoms with Crippen LogP contribution in [0.3, 0.4) is 0 Å². The number of fused-ring (bicyclic) bond motifs is 1. The lowest BCUT2D eigenvalue weighted by molar-refractivity contribution is -0.146. The molecule has 0 unspecified atom stereocenters. The van der Waals surface area contributed by atoms with Gasteiger partial charge in [-0.3, -0.25) is 19.3 Å². The lowest BCUT2D eigenvalue weighted by Gasteiger charge is -2.19. The third-order valence-electron chi connectivity index (χ3n) is 5.42. The first-order valence-electron chi connectivity index (χ1n) is 9.71. The van der Waals surface area contributed by atoms with Crippen molar-refractivity contribution in [3.63, 3.8) is 0 Å². The van der Waals surface area contributed by atoms with Gasteiger partial charge < -0.3 is 19.5 Å². The number of nitrogens with one attached hydrogen (secondary N) is 1. The van der Waals surface area contributed by atoms with Crippen molar-refractivity contribution >= 4 is 23.7 Å². The Balaban J connectivity index is 1.33. The number of imide groups is 1. The van der Waals surface area contributed by atoms with Gasteiger partial charge in [0, 0.05) is 12.0 Å². The van der Waals surface area contributed by atoms with Gasteiger partial charge in [-0.25, -0.2) is 4.79 Å². The number of benzene rings is 1. The second kappa shape index (κ2) is 7.73. The van der Waals surface area contributed by atoms with Gasteiger partial charge in [0.2, 0.25) is 0 Å². The molecular weight excluding hydrogens is 380 g/mol. The van der Waals surface area contributed by atoms with Gasteiger partial charge in [0.25, 0.3) is 5.91 Å². The van der Waals surface area contributed by atoms with E-state index in [0.29, 0.717) is 43.1 Å². The molecule has 2 fully saturated rings. The number of urea groups is 1. The molecule has 1 saturated heterocycles. The Bertz CT molecular complexity index is 860. The molecule has 3 amide bonds. The second-order valence-electron chi connectivity index (χ2n) is 7.41. The van der Waals surface area contributed by atoms with Crippen molar-refractivity contribution in [3.05, 3.63) is 23.8 Å². The lowest BCUT2D eigenvalue weighted by Crippen LogP contribution is -2.44. The molecule has 1 N–H and O–H groups in total. The Hall–Kier alpha value is -3.10. The zero-order chi connectivity index (χ0) is 20.4. The van der Waals surface area contributed by atoms with E-state index in [9.17, 15) is 19.2 Å². The number of esters is 1. The number of carbonyl (C=O) groups is 4. The average Bonchev–Trinajstić information content (AvgIpc) is 3.17. The molecule has 1 aliphatic carbocycles. The summed E-state index contributed by atoms with van der Waals surface area (Å²) in [6.07, 6.45) is 3.61. The fourth-order valence-corrected chi connectivity index (χ4v) is 3.88. The molecule has 1 aromatic rings. The smallest absolute Gasteiger partial charge is 0.326 e. The SMILES string of the molecule is O=C(CN1C(=O)NC2(CCCC2)C1=O)OCC(=O)c1ccc2c(c1)OCCCO2. The number of hydrogen-bond acceptors (Lipinski definition) is 7. The van der Waals surface area contributed by atoms with Gasteiger partial charge in [-0.2, -0.15) is 0 Å². The van der Waals surface area contributed by atoms with Gasteiger partial charge >= 0.3 is 12.0 Å². The number of Topliss-reactive ketones (excluding diaryl/α,β-unsaturated/α-hetero) is 1. The maximum atomic E-state index is 12.5. The molecule has 9 heteroatoms. The van der Waals surface area contributed by atoms with Crippen LogP contribution in [0.15, 0.2) is 18.2 Å². The third-order valence-corrected chi connectivity index (χ3v) is 5.42. The first-order chi connectivity index (χ1) is 14.0. The molecule has 2 aliphatic heterocycles. The van der Waals surface area contributed by atoms with Crippen LogP contribution < -0.4 is 14.8 Å². The summed E-state index contributed by atoms with van der Waals surface area (Å²) in [6, 6.07) is 4.18. The van der Waals surface area contributed by atoms with E-state index in [2.05, 4.69) is 5.32 Å². The van der Waals surface area contributed by atoms with E-state index < -0.39 is 42.4 Å². The van der Waals surface area contributed by atoms with Crippen molar-refractivity contribution in [2.24, 2.45) is 0 Å². The third kappa shape index (κ3) is 3.76. The summed E-state index contributed by atoms with van der Waals surface area (Å²) < 4.78 is 16.1. The van der Waals surface area contributed by atoms with Crippen molar-refractivity contribution in [2.45, 2.75) is 37.6 Å². The molecule has 1 aromatic carbocycles. The zero-order valence-electron chi connectivity index (χ0n) is 15.9. The summed E-state index contributed by atoms with van der Waals surface area (Å²) in [7, 11) is 0. The Morgan fingerprint density at radius 2 is 1.79 bits per heavy atom. The molecule has 2 heterocycles. The van der Waals surface area contributed by atoms with Crippen LogP contribution >= 0.6 is 0 Å². The summed E-state index contributed by atoms with van der Waals surface area (Å²) in [6.45, 7) is 0.0309. The molecule has 4 rings (SSSR count). The molecule has 0 bridgehead atoms. The van der Waals surface area contributed by atoms with E-state index in [-0.39, 0.29) is 0 Å². The molecular formula is C20H22N2O7. The molecule has 3 aliphatic rings. The molecule has 29 heavy (non-hydrogen) atoms. The minimum absolute atomic E-state index is 0.321. The van der Waals surface area contributed by atoms with Gasteiger partial charge in [-0.1, -0.05) is 12.8 Å². The van der Waals surface area contributed by atoms with Crippen molar-refractivity contribution in [2.75, 3.05) is 26.4 Å². The number of amides is 3. The van der Waals surface area contributed by atoms with Gasteiger partial charge in [0.15, 0.2) is 23.9 Å². The van der Waals surface area contributed by atoms with Crippen LogP contribution in [0.25, 0.3) is 0 Å². The summed E-state index contributed by atoms with van der Waals surface area (Å²) >= 11 is 0. The first-order valence-corrected chi connectivity index (χ1v) is 9.71. The topological polar surface area (TPSA) is 111 Å². The molecule has 1 saturated carbocycles. The molecule has 0 atom stereocenters. The van der Waals surface area contributed by atoms with Crippen molar-refractivity contribution in [1.29, 1.82) is 0 Å². The lowest BCUT2D eigenvalue weighted by atomic mass is 9.98. The maximum absolute atomic E-state index is 12.5. The van der Waals surface area contributed by atoms with Crippen LogP contribution in [0.2, 0.25) is 0 Å². The average molecular weight is 402 g/mol.